The molecule has 12 rings (SSSR count). The molecule has 3 aromatic heterocycles. The van der Waals surface area contributed by atoms with E-state index in [9.17, 15) is 41.0 Å². The fourth-order valence-electron chi connectivity index (χ4n) is 16.7. The Labute approximate surface area is 612 Å². The van der Waals surface area contributed by atoms with Crippen LogP contribution in [0.2, 0.25) is 0 Å². The van der Waals surface area contributed by atoms with E-state index in [4.69, 9.17) is 17.8 Å². The van der Waals surface area contributed by atoms with Crippen molar-refractivity contribution in [2.75, 3.05) is 65.4 Å². The first-order chi connectivity index (χ1) is 49.8. The van der Waals surface area contributed by atoms with Gasteiger partial charge in [0.15, 0.2) is 0 Å². The molecule has 10 heterocycles. The lowest BCUT2D eigenvalue weighted by atomic mass is 9.85. The number of nitrogens with zero attached hydrogens (tertiary/aromatic N) is 13. The molecule has 0 aromatic carbocycles. The van der Waals surface area contributed by atoms with E-state index in [0.717, 1.165) is 101 Å². The number of hydroxylamine groups is 6. The monoisotopic (exact) mass is 1490 g/mol. The van der Waals surface area contributed by atoms with Crippen molar-refractivity contribution in [3.05, 3.63) is 35.3 Å². The summed E-state index contributed by atoms with van der Waals surface area (Å²) in [6.45, 7) is 19.2. The molecule has 6 amide bonds. The van der Waals surface area contributed by atoms with Gasteiger partial charge < -0.3 is 47.6 Å². The maximum Gasteiger partial charge on any atom is 0.418 e. The van der Waals surface area contributed by atoms with E-state index < -0.39 is 57.0 Å². The summed E-state index contributed by atoms with van der Waals surface area (Å²) < 4.78 is 91.1. The number of rotatable bonds is 37. The summed E-state index contributed by atoms with van der Waals surface area (Å²) in [4.78, 5) is 41.5. The van der Waals surface area contributed by atoms with Crippen molar-refractivity contribution in [3.63, 3.8) is 0 Å². The van der Waals surface area contributed by atoms with Crippen LogP contribution in [-0.4, -0.2) is 204 Å². The van der Waals surface area contributed by atoms with Gasteiger partial charge in [-0.1, -0.05) is 156 Å². The summed E-state index contributed by atoms with van der Waals surface area (Å²) in [5.74, 6) is 4.85. The second-order valence-electron chi connectivity index (χ2n) is 30.4. The van der Waals surface area contributed by atoms with Gasteiger partial charge in [-0.15, -0.1) is 34.9 Å². The van der Waals surface area contributed by atoms with Crippen LogP contribution in [0.3, 0.4) is 0 Å². The van der Waals surface area contributed by atoms with Crippen molar-refractivity contribution < 1.29 is 71.8 Å². The Balaban J connectivity index is 0.000000163. The van der Waals surface area contributed by atoms with Crippen LogP contribution in [0.4, 0.5) is 14.4 Å². The number of aryl methyl sites for hydroxylation is 3. The third kappa shape index (κ3) is 24.9. The lowest BCUT2D eigenvalue weighted by Gasteiger charge is -2.39. The van der Waals surface area contributed by atoms with E-state index in [1.807, 2.05) is 0 Å². The maximum absolute atomic E-state index is 12.5. The fraction of sp³-hybridized carbons (Fsp3) is 0.873. The molecule has 2 aliphatic carbocycles. The third-order valence-corrected chi connectivity index (χ3v) is 23.3. The van der Waals surface area contributed by atoms with Crippen LogP contribution < -0.4 is 10.6 Å². The number of hydrogen-bond acceptors (Lipinski definition) is 22. The van der Waals surface area contributed by atoms with Crippen molar-refractivity contribution in [2.45, 2.75) is 320 Å². The van der Waals surface area contributed by atoms with Crippen molar-refractivity contribution in [1.29, 1.82) is 0 Å². The molecule has 584 valence electrons. The number of fused-ring (bicyclic) bond motifs is 6. The number of quaternary nitrogens is 1. The molecule has 4 N–H and O–H groups in total. The zero-order chi connectivity index (χ0) is 73.2. The van der Waals surface area contributed by atoms with Gasteiger partial charge >= 0.3 is 28.5 Å². The molecule has 9 fully saturated rings. The SMILES string of the molecule is CCCC[N+](CCCC)(CCCC)CCCC.O=C1N(O)[C@@H]2CC[C@@H](c3nnc(CCCCCC4CCCCC4)o3)N1C2.O=C1N2C[C@@H](CC[C@H]2c2nnc(CCCCCC3CCCCC3)o2)N1OS(=O)(=O)[O-].O=C1N2C[C@@H](CC[C@H]2c2nnc(CCCCNC3CCNCC3)o2)N1OS(=O)(=O)O. The van der Waals surface area contributed by atoms with Crippen LogP contribution in [0.1, 0.15) is 312 Å². The summed E-state index contributed by atoms with van der Waals surface area (Å²) in [6, 6.07) is -3.09. The average Bonchev–Trinajstić information content (AvgIpc) is 1.64. The predicted molar refractivity (Wildman–Crippen MR) is 381 cm³/mol. The molecule has 6 atom stereocenters. The number of hydrogen-bond donors (Lipinski definition) is 4. The standard InChI is InChI=1S/C19H30N4O6S.C19H30N4O3.C17H28N6O6S.C16H36N/c24-19-22-13-15(23(19)29-30(25,26)27)11-12-16(22)18-21-20-17(28-18)10-6-2-5-9-14-7-3-1-4-8-14;24-19-22-13-15(23(19)25)11-12-16(22)18-21-20-17(26-18)10-6-2-5-9-14-7-3-1-4-8-14;24-17-22-11-13(23(17)29-30(25,26)27)4-5-14(22)16-21-20-15(28-16)3-1-2-8-19-12-6-9-18-10-7-12;1-5-9-13-17(14-10-6-2,15-11-7-3)16-12-8-4/h14-16H,1-13H2,(H,25,26,27);14-16,25H,1-13H2;12-14,18-19H,1-11H2,(H,25,26,27);5-16H2,1-4H3/q;;;+1/p-1/t2*15-,16+;13-,14+;/m111./s1. The highest BCUT2D eigenvalue weighted by Crippen LogP contribution is 2.41. The zero-order valence-corrected chi connectivity index (χ0v) is 63.8. The van der Waals surface area contributed by atoms with Gasteiger partial charge in [0.05, 0.1) is 44.3 Å². The van der Waals surface area contributed by atoms with Crippen LogP contribution in [0.15, 0.2) is 13.3 Å². The Hall–Kier alpha value is -5.19. The summed E-state index contributed by atoms with van der Waals surface area (Å²) in [6.07, 6.45) is 44.8. The smallest absolute Gasteiger partial charge is 0.418 e. The second-order valence-corrected chi connectivity index (χ2v) is 32.4. The van der Waals surface area contributed by atoms with E-state index in [-0.39, 0.29) is 31.2 Å². The minimum absolute atomic E-state index is 0.0923. The summed E-state index contributed by atoms with van der Waals surface area (Å²) >= 11 is 0. The first-order valence-corrected chi connectivity index (χ1v) is 42.5. The molecule has 2 saturated carbocycles. The van der Waals surface area contributed by atoms with Gasteiger partial charge in [-0.25, -0.2) is 27.9 Å². The molecule has 7 aliphatic heterocycles. The van der Waals surface area contributed by atoms with Gasteiger partial charge in [0.25, 0.3) is 0 Å². The Morgan fingerprint density at radius 3 is 1.28 bits per heavy atom. The number of amides is 6. The third-order valence-electron chi connectivity index (χ3n) is 22.6. The largest absolute Gasteiger partial charge is 0.724 e. The van der Waals surface area contributed by atoms with Crippen LogP contribution in [-0.2, 0) is 48.6 Å². The molecule has 7 saturated heterocycles. The van der Waals surface area contributed by atoms with Gasteiger partial charge in [0, 0.05) is 44.9 Å². The molecule has 3 aromatic rings. The van der Waals surface area contributed by atoms with Gasteiger partial charge in [0.1, 0.15) is 18.1 Å². The first-order valence-electron chi connectivity index (χ1n) is 39.8. The lowest BCUT2D eigenvalue weighted by molar-refractivity contribution is -0.929. The molecule has 6 bridgehead atoms. The summed E-state index contributed by atoms with van der Waals surface area (Å²) in [5, 5.41) is 43.7. The number of carbonyl (C=O) groups excluding carboxylic acids is 3. The van der Waals surface area contributed by atoms with E-state index >= 15 is 0 Å². The Morgan fingerprint density at radius 2 is 0.874 bits per heavy atom. The molecule has 30 nitrogen and oxygen atoms in total. The highest BCUT2D eigenvalue weighted by molar-refractivity contribution is 7.81. The van der Waals surface area contributed by atoms with E-state index in [2.05, 4.69) is 77.5 Å². The average molecular weight is 1490 g/mol. The van der Waals surface area contributed by atoms with E-state index in [0.29, 0.717) is 96.6 Å². The predicted octanol–water partition coefficient (Wildman–Crippen LogP) is 12.6. The minimum Gasteiger partial charge on any atom is -0.724 e. The Bertz CT molecular complexity index is 3060. The van der Waals surface area contributed by atoms with Crippen molar-refractivity contribution in [3.8, 4) is 0 Å². The number of urea groups is 3. The first kappa shape index (κ1) is 81.9. The zero-order valence-electron chi connectivity index (χ0n) is 62.2. The molecule has 103 heavy (non-hydrogen) atoms. The molecular formula is C71H123N15O15S2. The van der Waals surface area contributed by atoms with Crippen LogP contribution in [0, 0.1) is 11.8 Å². The summed E-state index contributed by atoms with van der Waals surface area (Å²) in [5.41, 5.74) is 0. The van der Waals surface area contributed by atoms with Gasteiger partial charge in [-0.2, -0.15) is 22.8 Å². The molecule has 0 spiro atoms. The molecule has 32 heteroatoms. The number of carbonyl (C=O) groups is 3. The van der Waals surface area contributed by atoms with Gasteiger partial charge in [0.2, 0.25) is 45.7 Å². The van der Waals surface area contributed by atoms with Gasteiger partial charge in [-0.05, 0) is 134 Å². The molecule has 0 unspecified atom stereocenters. The molecule has 0 radical (unpaired) electrons. The van der Waals surface area contributed by atoms with Crippen LogP contribution in [0.25, 0.3) is 0 Å². The minimum atomic E-state index is -5.00. The molecular weight excluding hydrogens is 1370 g/mol. The second kappa shape index (κ2) is 41.2. The van der Waals surface area contributed by atoms with E-state index in [1.54, 1.807) is 4.90 Å². The lowest BCUT2D eigenvalue weighted by Crippen LogP contribution is -2.50. The normalized spacial score (nSPS) is 23.5. The fourth-order valence-corrected chi connectivity index (χ4v) is 17.5. The number of aromatic nitrogens is 6. The number of nitrogens with one attached hydrogen (secondary N) is 2. The number of piperidine rings is 4. The number of unbranched alkanes of at least 4 members (excludes halogenated alkanes) is 9. The molecule has 9 aliphatic rings. The quantitative estimate of drug-likeness (QED) is 0.0137. The van der Waals surface area contributed by atoms with Crippen molar-refractivity contribution in [1.82, 2.24) is 71.1 Å². The van der Waals surface area contributed by atoms with Crippen molar-refractivity contribution >= 4 is 38.9 Å². The highest BCUT2D eigenvalue weighted by atomic mass is 32.3. The maximum atomic E-state index is 12.5. The van der Waals surface area contributed by atoms with Crippen LogP contribution in [0.5, 0.6) is 0 Å². The van der Waals surface area contributed by atoms with Gasteiger partial charge in [-0.3, -0.25) is 9.76 Å². The highest BCUT2D eigenvalue weighted by Gasteiger charge is 2.51. The topological polar surface area (TPSA) is 362 Å². The Kier molecular flexibility index (Phi) is 32.8. The van der Waals surface area contributed by atoms with Crippen LogP contribution >= 0.6 is 0 Å². The Morgan fingerprint density at radius 1 is 0.485 bits per heavy atom. The van der Waals surface area contributed by atoms with Crippen molar-refractivity contribution in [2.24, 2.45) is 11.8 Å². The van der Waals surface area contributed by atoms with E-state index in [1.165, 1.54) is 188 Å². The summed E-state index contributed by atoms with van der Waals surface area (Å²) in [7, 11) is -9.76.